The third kappa shape index (κ3) is 2.94. The topological polar surface area (TPSA) is 46.3 Å². The quantitative estimate of drug-likeness (QED) is 0.473. The van der Waals surface area contributed by atoms with Crippen molar-refractivity contribution in [2.45, 2.75) is 18.9 Å². The highest BCUT2D eigenvalue weighted by Crippen LogP contribution is 2.35. The third-order valence-corrected chi connectivity index (χ3v) is 6.07. The summed E-state index contributed by atoms with van der Waals surface area (Å²) < 4.78 is 7.03. The molecule has 27 heavy (non-hydrogen) atoms. The lowest BCUT2D eigenvalue weighted by atomic mass is 10.0. The van der Waals surface area contributed by atoms with E-state index in [1.54, 1.807) is 17.4 Å². The van der Waals surface area contributed by atoms with Crippen molar-refractivity contribution >= 4 is 27.5 Å². The van der Waals surface area contributed by atoms with Gasteiger partial charge < -0.3 is 9.32 Å². The molecule has 1 fully saturated rings. The molecule has 0 aliphatic carbocycles. The summed E-state index contributed by atoms with van der Waals surface area (Å²) in [6, 6.07) is 22.0. The molecule has 1 aliphatic rings. The summed E-state index contributed by atoms with van der Waals surface area (Å²) >= 11 is 1.58. The highest BCUT2D eigenvalue weighted by molar-refractivity contribution is 7.21. The highest BCUT2D eigenvalue weighted by atomic mass is 32.1. The van der Waals surface area contributed by atoms with Crippen molar-refractivity contribution in [2.24, 2.45) is 0 Å². The second-order valence-corrected chi connectivity index (χ2v) is 7.75. The minimum Gasteiger partial charge on any atom is -0.448 e. The zero-order valence-corrected chi connectivity index (χ0v) is 15.5. The molecule has 1 unspecified atom stereocenters. The summed E-state index contributed by atoms with van der Waals surface area (Å²) in [5, 5.41) is 0.802. The number of likely N-dealkylation sites (tertiary alicyclic amines) is 1. The van der Waals surface area contributed by atoms with E-state index in [2.05, 4.69) is 17.1 Å². The van der Waals surface area contributed by atoms with Crippen LogP contribution in [-0.4, -0.2) is 22.3 Å². The van der Waals surface area contributed by atoms with Gasteiger partial charge in [-0.15, -0.1) is 11.3 Å². The molecule has 3 heterocycles. The average molecular weight is 374 g/mol. The smallest absolute Gasteiger partial charge is 0.290 e. The number of fused-ring (bicyclic) bond motifs is 1. The minimum absolute atomic E-state index is 0.0475. The zero-order valence-electron chi connectivity index (χ0n) is 14.7. The number of hydrogen-bond acceptors (Lipinski definition) is 4. The molecule has 1 amide bonds. The highest BCUT2D eigenvalue weighted by Gasteiger charge is 2.32. The van der Waals surface area contributed by atoms with Crippen molar-refractivity contribution in [1.82, 2.24) is 9.88 Å². The molecule has 2 aromatic carbocycles. The van der Waals surface area contributed by atoms with Gasteiger partial charge in [0.05, 0.1) is 16.3 Å². The number of rotatable bonds is 3. The lowest BCUT2D eigenvalue weighted by Crippen LogP contribution is -2.30. The summed E-state index contributed by atoms with van der Waals surface area (Å²) in [7, 11) is 0. The van der Waals surface area contributed by atoms with E-state index in [1.165, 1.54) is 5.56 Å². The Labute approximate surface area is 161 Å². The largest absolute Gasteiger partial charge is 0.448 e. The Balaban J connectivity index is 1.42. The summed E-state index contributed by atoms with van der Waals surface area (Å²) in [4.78, 5) is 19.6. The number of aromatic nitrogens is 1. The fourth-order valence-corrected chi connectivity index (χ4v) is 4.65. The summed E-state index contributed by atoms with van der Waals surface area (Å²) in [5.41, 5.74) is 2.13. The molecule has 5 rings (SSSR count). The predicted octanol–water partition coefficient (Wildman–Crippen LogP) is 5.53. The van der Waals surface area contributed by atoms with Gasteiger partial charge >= 0.3 is 0 Å². The van der Waals surface area contributed by atoms with Crippen LogP contribution in [0.15, 0.2) is 71.1 Å². The fourth-order valence-electron chi connectivity index (χ4n) is 3.72. The first-order valence-electron chi connectivity index (χ1n) is 9.11. The lowest BCUT2D eigenvalue weighted by molar-refractivity contribution is 0.0704. The van der Waals surface area contributed by atoms with Gasteiger partial charge in [-0.1, -0.05) is 42.5 Å². The third-order valence-electron chi connectivity index (χ3n) is 5.02. The maximum Gasteiger partial charge on any atom is 0.290 e. The molecule has 0 bridgehead atoms. The minimum atomic E-state index is -0.0475. The van der Waals surface area contributed by atoms with Gasteiger partial charge in [-0.25, -0.2) is 4.98 Å². The van der Waals surface area contributed by atoms with Crippen LogP contribution in [0.3, 0.4) is 0 Å². The first-order chi connectivity index (χ1) is 13.3. The SMILES string of the molecule is O=C(c1ccc(-c2nc3ccccc3s2)o1)N1CCCC1c1ccccc1. The zero-order chi connectivity index (χ0) is 18.2. The van der Waals surface area contributed by atoms with Crippen LogP contribution in [0.5, 0.6) is 0 Å². The number of hydrogen-bond donors (Lipinski definition) is 0. The first kappa shape index (κ1) is 16.3. The van der Waals surface area contributed by atoms with Crippen LogP contribution in [0.4, 0.5) is 0 Å². The molecule has 4 nitrogen and oxygen atoms in total. The molecule has 1 aliphatic heterocycles. The summed E-state index contributed by atoms with van der Waals surface area (Å²) in [6.07, 6.45) is 2.00. The predicted molar refractivity (Wildman–Crippen MR) is 107 cm³/mol. The molecule has 134 valence electrons. The maximum atomic E-state index is 13.1. The van der Waals surface area contributed by atoms with E-state index in [0.717, 1.165) is 34.6 Å². The van der Waals surface area contributed by atoms with E-state index in [-0.39, 0.29) is 11.9 Å². The van der Waals surface area contributed by atoms with Gasteiger partial charge in [0.2, 0.25) is 0 Å². The number of para-hydroxylation sites is 1. The van der Waals surface area contributed by atoms with E-state index < -0.39 is 0 Å². The standard InChI is InChI=1S/C22H18N2O2S/c25-22(24-14-6-10-17(24)15-7-2-1-3-8-15)19-13-12-18(26-19)21-23-16-9-4-5-11-20(16)27-21/h1-5,7-9,11-13,17H,6,10,14H2. The van der Waals surface area contributed by atoms with Crippen molar-refractivity contribution in [2.75, 3.05) is 6.54 Å². The average Bonchev–Trinajstić information content (AvgIpc) is 3.46. The van der Waals surface area contributed by atoms with Gasteiger partial charge in [0.25, 0.3) is 5.91 Å². The second kappa shape index (κ2) is 6.67. The maximum absolute atomic E-state index is 13.1. The molecule has 4 aromatic rings. The van der Waals surface area contributed by atoms with Gasteiger partial charge in [0.1, 0.15) is 0 Å². The van der Waals surface area contributed by atoms with Gasteiger partial charge in [-0.2, -0.15) is 0 Å². The lowest BCUT2D eigenvalue weighted by Gasteiger charge is -2.24. The molecule has 0 spiro atoms. The van der Waals surface area contributed by atoms with Gasteiger partial charge in [-0.05, 0) is 42.7 Å². The Kier molecular flexibility index (Phi) is 4.02. The van der Waals surface area contributed by atoms with Crippen LogP contribution < -0.4 is 0 Å². The van der Waals surface area contributed by atoms with Crippen LogP contribution >= 0.6 is 11.3 Å². The number of carbonyl (C=O) groups excluding carboxylic acids is 1. The first-order valence-corrected chi connectivity index (χ1v) is 9.93. The molecule has 2 aromatic heterocycles. The summed E-state index contributed by atoms with van der Waals surface area (Å²) in [6.45, 7) is 0.759. The van der Waals surface area contributed by atoms with Crippen LogP contribution in [-0.2, 0) is 0 Å². The molecular formula is C22H18N2O2S. The van der Waals surface area contributed by atoms with Crippen LogP contribution in [0.2, 0.25) is 0 Å². The molecule has 0 radical (unpaired) electrons. The Bertz CT molecular complexity index is 1070. The Morgan fingerprint density at radius 2 is 1.85 bits per heavy atom. The number of nitrogens with zero attached hydrogens (tertiary/aromatic N) is 2. The molecule has 1 saturated heterocycles. The monoisotopic (exact) mass is 374 g/mol. The van der Waals surface area contributed by atoms with E-state index in [4.69, 9.17) is 4.42 Å². The number of furan rings is 1. The van der Waals surface area contributed by atoms with E-state index >= 15 is 0 Å². The van der Waals surface area contributed by atoms with Crippen molar-refractivity contribution in [3.05, 3.63) is 78.1 Å². The molecule has 5 heteroatoms. The van der Waals surface area contributed by atoms with Gasteiger partial charge in [0, 0.05) is 6.54 Å². The van der Waals surface area contributed by atoms with Crippen LogP contribution in [0, 0.1) is 0 Å². The normalized spacial score (nSPS) is 16.9. The molecule has 0 saturated carbocycles. The number of thiazole rings is 1. The van der Waals surface area contributed by atoms with E-state index in [1.807, 2.05) is 53.4 Å². The van der Waals surface area contributed by atoms with Crippen LogP contribution in [0.1, 0.15) is 35.0 Å². The number of benzene rings is 2. The summed E-state index contributed by atoms with van der Waals surface area (Å²) in [5.74, 6) is 0.982. The second-order valence-electron chi connectivity index (χ2n) is 6.72. The van der Waals surface area contributed by atoms with Crippen molar-refractivity contribution in [3.8, 4) is 10.8 Å². The Morgan fingerprint density at radius 3 is 2.70 bits per heavy atom. The fraction of sp³-hybridized carbons (Fsp3) is 0.182. The molecule has 0 N–H and O–H groups in total. The Morgan fingerprint density at radius 1 is 1.04 bits per heavy atom. The van der Waals surface area contributed by atoms with E-state index in [9.17, 15) is 4.79 Å². The Hall–Kier alpha value is -2.92. The van der Waals surface area contributed by atoms with Crippen molar-refractivity contribution in [1.29, 1.82) is 0 Å². The van der Waals surface area contributed by atoms with Crippen LogP contribution in [0.25, 0.3) is 21.0 Å². The number of amides is 1. The number of carbonyl (C=O) groups is 1. The molecule has 1 atom stereocenters. The molecular weight excluding hydrogens is 356 g/mol. The van der Waals surface area contributed by atoms with Crippen molar-refractivity contribution < 1.29 is 9.21 Å². The van der Waals surface area contributed by atoms with Gasteiger partial charge in [-0.3, -0.25) is 4.79 Å². The van der Waals surface area contributed by atoms with Gasteiger partial charge in [0.15, 0.2) is 16.5 Å². The van der Waals surface area contributed by atoms with E-state index in [0.29, 0.717) is 11.5 Å². The van der Waals surface area contributed by atoms with Crippen molar-refractivity contribution in [3.63, 3.8) is 0 Å².